The predicted molar refractivity (Wildman–Crippen MR) is 112 cm³/mol. The number of likely N-dealkylation sites (tertiary alicyclic amines) is 1. The van der Waals surface area contributed by atoms with Crippen LogP contribution in [-0.2, 0) is 13.1 Å². The van der Waals surface area contributed by atoms with Crippen molar-refractivity contribution in [3.8, 4) is 5.88 Å². The second-order valence-corrected chi connectivity index (χ2v) is 9.30. The van der Waals surface area contributed by atoms with Crippen LogP contribution in [0, 0.1) is 5.92 Å². The van der Waals surface area contributed by atoms with E-state index < -0.39 is 5.92 Å². The first-order valence-electron chi connectivity index (χ1n) is 10.5. The summed E-state index contributed by atoms with van der Waals surface area (Å²) >= 11 is 3.68. The summed E-state index contributed by atoms with van der Waals surface area (Å²) < 4.78 is 36.0. The summed E-state index contributed by atoms with van der Waals surface area (Å²) in [5, 5.41) is 10.5. The molecule has 5 rings (SSSR count). The molecule has 30 heavy (non-hydrogen) atoms. The molecule has 160 valence electrons. The lowest BCUT2D eigenvalue weighted by Crippen LogP contribution is -2.39. The summed E-state index contributed by atoms with van der Waals surface area (Å²) in [5.41, 5.74) is 0.909. The van der Waals surface area contributed by atoms with Crippen molar-refractivity contribution in [2.75, 3.05) is 13.1 Å². The molecule has 2 aromatic rings. The van der Waals surface area contributed by atoms with Crippen LogP contribution in [0.4, 0.5) is 8.78 Å². The Kier molecular flexibility index (Phi) is 5.35. The van der Waals surface area contributed by atoms with Crippen LogP contribution in [0.2, 0.25) is 0 Å². The molecule has 0 spiro atoms. The molecule has 0 amide bonds. The van der Waals surface area contributed by atoms with Crippen molar-refractivity contribution in [2.45, 2.75) is 57.2 Å². The van der Waals surface area contributed by atoms with E-state index in [1.54, 1.807) is 6.20 Å². The van der Waals surface area contributed by atoms with Crippen LogP contribution in [0.3, 0.4) is 0 Å². The minimum absolute atomic E-state index is 0.0976. The third kappa shape index (κ3) is 4.27. The van der Waals surface area contributed by atoms with Gasteiger partial charge in [0.25, 0.3) is 5.92 Å². The molecule has 1 unspecified atom stereocenters. The van der Waals surface area contributed by atoms with E-state index in [0.29, 0.717) is 31.9 Å². The highest BCUT2D eigenvalue weighted by atomic mass is 79.9. The summed E-state index contributed by atoms with van der Waals surface area (Å²) in [6, 6.07) is 3.81. The van der Waals surface area contributed by atoms with Gasteiger partial charge in [-0.05, 0) is 40.8 Å². The smallest absolute Gasteiger partial charge is 0.250 e. The number of hydrogen-bond acceptors (Lipinski definition) is 5. The Balaban J connectivity index is 1.32. The zero-order valence-corrected chi connectivity index (χ0v) is 18.2. The van der Waals surface area contributed by atoms with Gasteiger partial charge in [0.05, 0.1) is 9.83 Å². The first-order chi connectivity index (χ1) is 14.5. The van der Waals surface area contributed by atoms with E-state index in [1.807, 2.05) is 21.7 Å². The molecule has 2 aromatic heterocycles. The number of rotatable bonds is 6. The van der Waals surface area contributed by atoms with Crippen LogP contribution in [0.25, 0.3) is 10.6 Å². The molecule has 1 saturated carbocycles. The number of aromatic nitrogens is 4. The molecule has 6 nitrogen and oxygen atoms in total. The van der Waals surface area contributed by atoms with Crippen molar-refractivity contribution in [1.82, 2.24) is 24.9 Å². The van der Waals surface area contributed by atoms with Gasteiger partial charge in [-0.25, -0.2) is 18.4 Å². The maximum atomic E-state index is 13.5. The first-order valence-corrected chi connectivity index (χ1v) is 11.3. The van der Waals surface area contributed by atoms with Crippen LogP contribution in [0.15, 0.2) is 18.3 Å². The number of pyridine rings is 1. The molecule has 2 aliphatic carbocycles. The maximum Gasteiger partial charge on any atom is 0.250 e. The summed E-state index contributed by atoms with van der Waals surface area (Å²) in [4.78, 5) is 6.46. The van der Waals surface area contributed by atoms with Gasteiger partial charge >= 0.3 is 0 Å². The Morgan fingerprint density at radius 2 is 2.03 bits per heavy atom. The van der Waals surface area contributed by atoms with E-state index in [1.165, 1.54) is 12.8 Å². The molecule has 1 atom stereocenters. The second-order valence-electron chi connectivity index (χ2n) is 8.44. The molecule has 9 heteroatoms. The van der Waals surface area contributed by atoms with E-state index in [9.17, 15) is 8.78 Å². The highest BCUT2D eigenvalue weighted by molar-refractivity contribution is 9.15. The van der Waals surface area contributed by atoms with E-state index in [2.05, 4.69) is 37.3 Å². The van der Waals surface area contributed by atoms with Gasteiger partial charge in [0.1, 0.15) is 11.5 Å². The third-order valence-electron chi connectivity index (χ3n) is 6.02. The first kappa shape index (κ1) is 20.1. The molecule has 3 aliphatic rings. The molecular formula is C21H24BrF2N5O. The van der Waals surface area contributed by atoms with Gasteiger partial charge in [0.15, 0.2) is 0 Å². The van der Waals surface area contributed by atoms with Gasteiger partial charge in [-0.3, -0.25) is 4.90 Å². The van der Waals surface area contributed by atoms with Crippen molar-refractivity contribution >= 4 is 26.5 Å². The largest absolute Gasteiger partial charge is 0.468 e. The Morgan fingerprint density at radius 1 is 1.23 bits per heavy atom. The van der Waals surface area contributed by atoms with Gasteiger partial charge in [-0.2, -0.15) is 0 Å². The molecule has 0 radical (unpaired) electrons. The summed E-state index contributed by atoms with van der Waals surface area (Å²) in [6.45, 7) is 2.23. The van der Waals surface area contributed by atoms with Gasteiger partial charge in [-0.1, -0.05) is 17.4 Å². The number of halogens is 3. The number of ether oxygens (including phenoxy) is 1. The van der Waals surface area contributed by atoms with E-state index >= 15 is 0 Å². The fourth-order valence-electron chi connectivity index (χ4n) is 4.01. The fourth-order valence-corrected chi connectivity index (χ4v) is 4.57. The van der Waals surface area contributed by atoms with Crippen molar-refractivity contribution in [1.29, 1.82) is 0 Å². The standard InChI is InChI=1S/C21H24BrF2N5O/c22-18-17(6-5-16-19(18)26-27-29(16)12-14-3-4-14)30-20-15(2-1-9-25-20)13-28-10-7-21(23,24)8-11-28/h1-2,5,9,14,17H,3-4,6-8,10-13H2. The lowest BCUT2D eigenvalue weighted by atomic mass is 10.1. The minimum atomic E-state index is -2.54. The summed E-state index contributed by atoms with van der Waals surface area (Å²) in [7, 11) is 0. The zero-order chi connectivity index (χ0) is 20.7. The molecular weight excluding hydrogens is 456 g/mol. The quantitative estimate of drug-likeness (QED) is 0.636. The van der Waals surface area contributed by atoms with Crippen LogP contribution < -0.4 is 15.4 Å². The molecule has 1 saturated heterocycles. The van der Waals surface area contributed by atoms with Crippen molar-refractivity contribution in [2.24, 2.45) is 5.92 Å². The summed E-state index contributed by atoms with van der Waals surface area (Å²) in [5.74, 6) is -1.28. The lowest BCUT2D eigenvalue weighted by molar-refractivity contribution is -0.0567. The minimum Gasteiger partial charge on any atom is -0.468 e. The third-order valence-corrected chi connectivity index (χ3v) is 6.91. The number of piperidine rings is 1. The predicted octanol–water partition coefficient (Wildman–Crippen LogP) is 2.45. The van der Waals surface area contributed by atoms with E-state index in [-0.39, 0.29) is 18.9 Å². The second kappa shape index (κ2) is 8.00. The molecule has 1 aliphatic heterocycles. The monoisotopic (exact) mass is 479 g/mol. The van der Waals surface area contributed by atoms with Gasteiger partial charge in [0, 0.05) is 57.2 Å². The molecule has 0 aromatic carbocycles. The average molecular weight is 480 g/mol. The normalized spacial score (nSPS) is 23.7. The Morgan fingerprint density at radius 3 is 2.80 bits per heavy atom. The van der Waals surface area contributed by atoms with Gasteiger partial charge in [-0.15, -0.1) is 5.10 Å². The molecule has 3 heterocycles. The number of nitrogens with zero attached hydrogens (tertiary/aromatic N) is 5. The van der Waals surface area contributed by atoms with Crippen LogP contribution in [0.1, 0.15) is 37.7 Å². The number of hydrogen-bond donors (Lipinski definition) is 0. The molecule has 0 N–H and O–H groups in total. The topological polar surface area (TPSA) is 56.1 Å². The summed E-state index contributed by atoms with van der Waals surface area (Å²) in [6.07, 6.45) is 6.62. The molecule has 0 bridgehead atoms. The SMILES string of the molecule is FC1(F)CCN(Cc2cccnc2OC2CC=c3c(nnn3CC3CC3)=C2Br)CC1. The Bertz CT molecular complexity index is 1040. The highest BCUT2D eigenvalue weighted by Gasteiger charge is 2.34. The number of fused-ring (bicyclic) bond motifs is 1. The average Bonchev–Trinajstić information content (AvgIpc) is 3.45. The Hall–Kier alpha value is -1.87. The van der Waals surface area contributed by atoms with Crippen LogP contribution in [-0.4, -0.2) is 50.0 Å². The number of alkyl halides is 2. The van der Waals surface area contributed by atoms with Crippen LogP contribution in [0.5, 0.6) is 5.88 Å². The van der Waals surface area contributed by atoms with Crippen molar-refractivity contribution in [3.63, 3.8) is 0 Å². The Labute approximate surface area is 181 Å². The van der Waals surface area contributed by atoms with E-state index in [4.69, 9.17) is 4.74 Å². The zero-order valence-electron chi connectivity index (χ0n) is 16.6. The van der Waals surface area contributed by atoms with Crippen LogP contribution >= 0.6 is 15.9 Å². The fraction of sp³-hybridized carbons (Fsp3) is 0.571. The van der Waals surface area contributed by atoms with Crippen molar-refractivity contribution < 1.29 is 13.5 Å². The maximum absolute atomic E-state index is 13.5. The lowest BCUT2D eigenvalue weighted by Gasteiger charge is -2.32. The van der Waals surface area contributed by atoms with Gasteiger partial charge in [0.2, 0.25) is 5.88 Å². The molecule has 2 fully saturated rings. The van der Waals surface area contributed by atoms with E-state index in [0.717, 1.165) is 33.2 Å². The highest BCUT2D eigenvalue weighted by Crippen LogP contribution is 2.31. The van der Waals surface area contributed by atoms with Gasteiger partial charge < -0.3 is 4.74 Å². The van der Waals surface area contributed by atoms with Crippen molar-refractivity contribution in [3.05, 3.63) is 34.6 Å².